The van der Waals surface area contributed by atoms with Crippen molar-refractivity contribution in [3.05, 3.63) is 12.2 Å². The van der Waals surface area contributed by atoms with Gasteiger partial charge in [-0.05, 0) is 19.8 Å². The van der Waals surface area contributed by atoms with E-state index < -0.39 is 23.6 Å². The van der Waals surface area contributed by atoms with Crippen molar-refractivity contribution in [2.24, 2.45) is 0 Å². The fourth-order valence-electron chi connectivity index (χ4n) is 2.86. The molecule has 2 saturated heterocycles. The molecule has 2 bridgehead atoms. The molecule has 6 heteroatoms. The summed E-state index contributed by atoms with van der Waals surface area (Å²) < 4.78 is 9.81. The van der Waals surface area contributed by atoms with Crippen molar-refractivity contribution in [2.45, 2.75) is 37.8 Å². The summed E-state index contributed by atoms with van der Waals surface area (Å²) in [7, 11) is 1.26. The maximum atomic E-state index is 12.1. The molecule has 0 saturated carbocycles. The molecule has 2 heterocycles. The first-order valence-corrected chi connectivity index (χ1v) is 6.25. The lowest BCUT2D eigenvalue weighted by molar-refractivity contribution is -0.152. The van der Waals surface area contributed by atoms with Crippen molar-refractivity contribution in [1.29, 1.82) is 0 Å². The number of carbonyl (C=O) groups is 3. The van der Waals surface area contributed by atoms with Crippen LogP contribution in [0.2, 0.25) is 0 Å². The van der Waals surface area contributed by atoms with Crippen LogP contribution >= 0.6 is 0 Å². The van der Waals surface area contributed by atoms with E-state index >= 15 is 0 Å². The predicted molar refractivity (Wildman–Crippen MR) is 65.4 cm³/mol. The van der Waals surface area contributed by atoms with Gasteiger partial charge >= 0.3 is 12.1 Å². The number of Topliss-reactive ketones (excluding diaryl/α,β-unsaturated/α-hetero) is 1. The number of ether oxygens (including phenoxy) is 2. The van der Waals surface area contributed by atoms with Crippen molar-refractivity contribution >= 4 is 17.8 Å². The summed E-state index contributed by atoms with van der Waals surface area (Å²) in [6.45, 7) is 1.94. The van der Waals surface area contributed by atoms with E-state index in [1.54, 1.807) is 12.2 Å². The minimum Gasteiger partial charge on any atom is -0.467 e. The van der Waals surface area contributed by atoms with Gasteiger partial charge < -0.3 is 9.47 Å². The predicted octanol–water partition coefficient (Wildman–Crippen LogP) is 1.05. The summed E-state index contributed by atoms with van der Waals surface area (Å²) in [6.07, 6.45) is 3.79. The highest BCUT2D eigenvalue weighted by molar-refractivity contribution is 6.02. The van der Waals surface area contributed by atoms with E-state index in [0.717, 1.165) is 0 Å². The van der Waals surface area contributed by atoms with E-state index in [0.29, 0.717) is 12.8 Å². The highest BCUT2D eigenvalue weighted by atomic mass is 16.6. The zero-order chi connectivity index (χ0) is 14.0. The van der Waals surface area contributed by atoms with E-state index in [-0.39, 0.29) is 18.8 Å². The Labute approximate surface area is 111 Å². The zero-order valence-electron chi connectivity index (χ0n) is 11.0. The molecule has 1 amide bonds. The van der Waals surface area contributed by atoms with Gasteiger partial charge in [-0.1, -0.05) is 12.2 Å². The zero-order valence-corrected chi connectivity index (χ0v) is 11.0. The lowest BCUT2D eigenvalue weighted by Crippen LogP contribution is -2.51. The molecular weight excluding hydrogens is 250 g/mol. The van der Waals surface area contributed by atoms with Crippen molar-refractivity contribution < 1.29 is 23.9 Å². The van der Waals surface area contributed by atoms with Gasteiger partial charge in [0.25, 0.3) is 0 Å². The maximum absolute atomic E-state index is 12.1. The topological polar surface area (TPSA) is 72.9 Å². The van der Waals surface area contributed by atoms with Gasteiger partial charge in [-0.3, -0.25) is 9.69 Å². The van der Waals surface area contributed by atoms with E-state index in [1.165, 1.54) is 12.0 Å². The van der Waals surface area contributed by atoms with Crippen LogP contribution in [0.5, 0.6) is 0 Å². The normalized spacial score (nSPS) is 29.1. The molecule has 6 nitrogen and oxygen atoms in total. The van der Waals surface area contributed by atoms with Crippen molar-refractivity contribution in [3.8, 4) is 0 Å². The Hall–Kier alpha value is -1.85. The summed E-state index contributed by atoms with van der Waals surface area (Å²) >= 11 is 0. The summed E-state index contributed by atoms with van der Waals surface area (Å²) in [6, 6.07) is -0.544. The molecule has 104 valence electrons. The number of ketones is 1. The Balaban J connectivity index is 2.20. The first-order chi connectivity index (χ1) is 9.06. The largest absolute Gasteiger partial charge is 0.467 e. The van der Waals surface area contributed by atoms with Gasteiger partial charge in [-0.15, -0.1) is 0 Å². The van der Waals surface area contributed by atoms with Crippen LogP contribution in [0.4, 0.5) is 4.79 Å². The fourth-order valence-corrected chi connectivity index (χ4v) is 2.86. The van der Waals surface area contributed by atoms with Gasteiger partial charge in [0, 0.05) is 6.42 Å². The lowest BCUT2D eigenvalue weighted by Gasteiger charge is -2.30. The highest BCUT2D eigenvalue weighted by Gasteiger charge is 2.64. The number of hydrogen-bond donors (Lipinski definition) is 0. The van der Waals surface area contributed by atoms with Crippen LogP contribution in [0.15, 0.2) is 12.2 Å². The van der Waals surface area contributed by atoms with Crippen molar-refractivity contribution in [3.63, 3.8) is 0 Å². The van der Waals surface area contributed by atoms with Crippen LogP contribution in [0.25, 0.3) is 0 Å². The Kier molecular flexibility index (Phi) is 3.59. The number of allylic oxidation sites excluding steroid dienone is 1. The summed E-state index contributed by atoms with van der Waals surface area (Å²) in [5.74, 6) is -0.636. The number of carbonyl (C=O) groups excluding carboxylic acids is 3. The molecule has 0 aromatic heterocycles. The molecule has 2 atom stereocenters. The van der Waals surface area contributed by atoms with Crippen LogP contribution in [0.1, 0.15) is 26.2 Å². The number of esters is 1. The molecule has 0 spiro atoms. The molecule has 0 aromatic rings. The Morgan fingerprint density at radius 1 is 1.53 bits per heavy atom. The quantitative estimate of drug-likeness (QED) is 0.564. The third-order valence-corrected chi connectivity index (χ3v) is 3.74. The second-order valence-electron chi connectivity index (χ2n) is 4.74. The molecule has 2 rings (SSSR count). The molecule has 19 heavy (non-hydrogen) atoms. The lowest BCUT2D eigenvalue weighted by atomic mass is 9.87. The molecular formula is C13H17NO5. The summed E-state index contributed by atoms with van der Waals surface area (Å²) in [4.78, 5) is 37.1. The van der Waals surface area contributed by atoms with Crippen molar-refractivity contribution in [2.75, 3.05) is 13.7 Å². The third-order valence-electron chi connectivity index (χ3n) is 3.74. The third kappa shape index (κ3) is 2.01. The molecule has 0 aromatic carbocycles. The van der Waals surface area contributed by atoms with E-state index in [4.69, 9.17) is 9.47 Å². The Morgan fingerprint density at radius 2 is 2.26 bits per heavy atom. The Bertz CT molecular complexity index is 444. The maximum Gasteiger partial charge on any atom is 0.411 e. The standard InChI is InChI=1S/C13H17NO5/c1-3-4-7-19-12(17)14-9-5-6-13(14,8-10(9)15)11(16)18-2/h3-4,9H,5-8H2,1-2H3. The average molecular weight is 267 g/mol. The summed E-state index contributed by atoms with van der Waals surface area (Å²) in [5, 5.41) is 0. The number of amides is 1. The molecule has 2 unspecified atom stereocenters. The Morgan fingerprint density at radius 3 is 2.84 bits per heavy atom. The fraction of sp³-hybridized carbons (Fsp3) is 0.615. The molecule has 0 aliphatic carbocycles. The first-order valence-electron chi connectivity index (χ1n) is 6.25. The first kappa shape index (κ1) is 13.6. The molecule has 0 N–H and O–H groups in total. The molecule has 2 fully saturated rings. The van der Waals surface area contributed by atoms with Gasteiger partial charge in [0.1, 0.15) is 6.61 Å². The van der Waals surface area contributed by atoms with Crippen LogP contribution in [-0.2, 0) is 19.1 Å². The summed E-state index contributed by atoms with van der Waals surface area (Å²) in [5.41, 5.74) is -1.15. The minimum absolute atomic E-state index is 0.0308. The minimum atomic E-state index is -1.15. The van der Waals surface area contributed by atoms with Crippen LogP contribution < -0.4 is 0 Å². The monoisotopic (exact) mass is 267 g/mol. The number of nitrogens with zero attached hydrogens (tertiary/aromatic N) is 1. The van der Waals surface area contributed by atoms with Gasteiger partial charge in [-0.2, -0.15) is 0 Å². The SMILES string of the molecule is CC=CCOC(=O)N1C2CCC1(C(=O)OC)CC2=O. The second-order valence-corrected chi connectivity index (χ2v) is 4.74. The average Bonchev–Trinajstić information content (AvgIpc) is 2.91. The van der Waals surface area contributed by atoms with Gasteiger partial charge in [0.2, 0.25) is 0 Å². The van der Waals surface area contributed by atoms with Gasteiger partial charge in [0.15, 0.2) is 11.3 Å². The number of rotatable bonds is 3. The van der Waals surface area contributed by atoms with Crippen molar-refractivity contribution in [1.82, 2.24) is 4.90 Å². The van der Waals surface area contributed by atoms with Crippen LogP contribution in [0, 0.1) is 0 Å². The number of fused-ring (bicyclic) bond motifs is 2. The number of methoxy groups -OCH3 is 1. The van der Waals surface area contributed by atoms with Crippen LogP contribution in [-0.4, -0.2) is 48.0 Å². The van der Waals surface area contributed by atoms with E-state index in [1.807, 2.05) is 6.92 Å². The highest BCUT2D eigenvalue weighted by Crippen LogP contribution is 2.45. The smallest absolute Gasteiger partial charge is 0.411 e. The van der Waals surface area contributed by atoms with Crippen LogP contribution in [0.3, 0.4) is 0 Å². The number of hydrogen-bond acceptors (Lipinski definition) is 5. The molecule has 0 radical (unpaired) electrons. The molecule has 2 aliphatic rings. The van der Waals surface area contributed by atoms with E-state index in [9.17, 15) is 14.4 Å². The second kappa shape index (κ2) is 5.03. The van der Waals surface area contributed by atoms with E-state index in [2.05, 4.69) is 0 Å². The van der Waals surface area contributed by atoms with Gasteiger partial charge in [0.05, 0.1) is 13.2 Å². The van der Waals surface area contributed by atoms with Gasteiger partial charge in [-0.25, -0.2) is 9.59 Å². The molecule has 2 aliphatic heterocycles.